The molecule has 0 atom stereocenters. The maximum atomic E-state index is 11.6. The van der Waals surface area contributed by atoms with Gasteiger partial charge in [-0.25, -0.2) is 9.97 Å². The zero-order chi connectivity index (χ0) is 17.6. The second-order valence-electron chi connectivity index (χ2n) is 6.20. The fourth-order valence-corrected chi connectivity index (χ4v) is 3.23. The largest absolute Gasteiger partial charge is 0.507 e. The van der Waals surface area contributed by atoms with Crippen molar-refractivity contribution in [3.8, 4) is 17.0 Å². The van der Waals surface area contributed by atoms with Crippen molar-refractivity contribution in [2.45, 2.75) is 25.7 Å². The number of rotatable bonds is 5. The monoisotopic (exact) mass is 337 g/mol. The summed E-state index contributed by atoms with van der Waals surface area (Å²) in [7, 11) is 0. The molecule has 7 heteroatoms. The molecule has 0 spiro atoms. The van der Waals surface area contributed by atoms with E-state index in [0.717, 1.165) is 41.9 Å². The average Bonchev–Trinajstić information content (AvgIpc) is 3.33. The van der Waals surface area contributed by atoms with E-state index in [1.165, 1.54) is 0 Å². The molecule has 1 amide bonds. The van der Waals surface area contributed by atoms with E-state index in [0.29, 0.717) is 5.82 Å². The van der Waals surface area contributed by atoms with Gasteiger partial charge >= 0.3 is 0 Å². The van der Waals surface area contributed by atoms with Crippen LogP contribution < -0.4 is 11.1 Å². The van der Waals surface area contributed by atoms with Gasteiger partial charge in [-0.15, -0.1) is 0 Å². The smallest absolute Gasteiger partial charge is 0.252 e. The summed E-state index contributed by atoms with van der Waals surface area (Å²) >= 11 is 0. The predicted octanol–water partition coefficient (Wildman–Crippen LogP) is 2.51. The normalized spacial score (nSPS) is 14.0. The lowest BCUT2D eigenvalue weighted by Gasteiger charge is -2.13. The summed E-state index contributed by atoms with van der Waals surface area (Å²) in [4.78, 5) is 20.4. The van der Waals surface area contributed by atoms with Crippen molar-refractivity contribution >= 4 is 17.4 Å². The van der Waals surface area contributed by atoms with E-state index in [1.807, 2.05) is 23.6 Å². The van der Waals surface area contributed by atoms with E-state index in [-0.39, 0.29) is 17.2 Å². The number of nitrogens with one attached hydrogen (secondary N) is 1. The van der Waals surface area contributed by atoms with E-state index in [9.17, 15) is 9.90 Å². The molecule has 0 radical (unpaired) electrons. The van der Waals surface area contributed by atoms with Crippen molar-refractivity contribution in [2.24, 2.45) is 5.73 Å². The number of phenols is 1. The van der Waals surface area contributed by atoms with Crippen LogP contribution in [0.2, 0.25) is 0 Å². The lowest BCUT2D eigenvalue weighted by molar-refractivity contribution is 0.0997. The molecule has 3 aromatic rings. The number of carbonyl (C=O) groups is 1. The van der Waals surface area contributed by atoms with E-state index in [1.54, 1.807) is 18.5 Å². The van der Waals surface area contributed by atoms with E-state index < -0.39 is 5.91 Å². The van der Waals surface area contributed by atoms with Crippen LogP contribution in [-0.2, 0) is 0 Å². The molecule has 1 aliphatic rings. The summed E-state index contributed by atoms with van der Waals surface area (Å²) in [6.07, 6.45) is 7.30. The Hall–Kier alpha value is -3.09. The Balaban J connectivity index is 1.93. The maximum Gasteiger partial charge on any atom is 0.252 e. The van der Waals surface area contributed by atoms with Crippen molar-refractivity contribution < 1.29 is 9.90 Å². The highest BCUT2D eigenvalue weighted by Gasteiger charge is 2.32. The van der Waals surface area contributed by atoms with Crippen molar-refractivity contribution in [3.05, 3.63) is 41.9 Å². The van der Waals surface area contributed by atoms with Crippen LogP contribution in [0.4, 0.5) is 5.82 Å². The molecular weight excluding hydrogens is 318 g/mol. The Bertz CT molecular complexity index is 975. The van der Waals surface area contributed by atoms with Gasteiger partial charge in [0.05, 0.1) is 17.5 Å². The Kier molecular flexibility index (Phi) is 3.56. The first-order valence-corrected chi connectivity index (χ1v) is 8.33. The van der Waals surface area contributed by atoms with Crippen molar-refractivity contribution in [1.82, 2.24) is 14.4 Å². The fraction of sp³-hybridized carbons (Fsp3) is 0.278. The number of anilines is 1. The molecule has 128 valence electrons. The second kappa shape index (κ2) is 5.77. The van der Waals surface area contributed by atoms with Crippen LogP contribution in [-0.4, -0.2) is 31.9 Å². The highest BCUT2D eigenvalue weighted by molar-refractivity contribution is 5.97. The predicted molar refractivity (Wildman–Crippen MR) is 94.7 cm³/mol. The zero-order valence-electron chi connectivity index (χ0n) is 13.9. The number of imidazole rings is 1. The molecule has 1 fully saturated rings. The molecule has 1 aromatic carbocycles. The van der Waals surface area contributed by atoms with Gasteiger partial charge in [0, 0.05) is 30.1 Å². The minimum Gasteiger partial charge on any atom is -0.507 e. The number of aromatic nitrogens is 3. The summed E-state index contributed by atoms with van der Waals surface area (Å²) in [5.74, 6) is 0.322. The number of nitrogens with two attached hydrogens (primary N) is 1. The average molecular weight is 337 g/mol. The van der Waals surface area contributed by atoms with Gasteiger partial charge in [0.25, 0.3) is 5.91 Å². The van der Waals surface area contributed by atoms with Gasteiger partial charge in [-0.05, 0) is 31.7 Å². The Morgan fingerprint density at radius 2 is 2.20 bits per heavy atom. The maximum absolute atomic E-state index is 11.6. The van der Waals surface area contributed by atoms with Gasteiger partial charge in [-0.2, -0.15) is 0 Å². The number of primary amides is 1. The van der Waals surface area contributed by atoms with Crippen LogP contribution >= 0.6 is 0 Å². The van der Waals surface area contributed by atoms with Crippen LogP contribution in [0.25, 0.3) is 16.9 Å². The van der Waals surface area contributed by atoms with E-state index in [4.69, 9.17) is 5.73 Å². The van der Waals surface area contributed by atoms with Crippen LogP contribution in [0.15, 0.2) is 30.7 Å². The third-order valence-corrected chi connectivity index (χ3v) is 4.52. The molecule has 4 rings (SSSR count). The topological polar surface area (TPSA) is 106 Å². The first kappa shape index (κ1) is 15.4. The molecule has 0 aliphatic heterocycles. The molecule has 0 bridgehead atoms. The third-order valence-electron chi connectivity index (χ3n) is 4.52. The number of hydrogen-bond acceptors (Lipinski definition) is 5. The lowest BCUT2D eigenvalue weighted by atomic mass is 9.96. The zero-order valence-corrected chi connectivity index (χ0v) is 13.9. The van der Waals surface area contributed by atoms with Crippen LogP contribution in [0.3, 0.4) is 0 Å². The Morgan fingerprint density at radius 1 is 1.40 bits per heavy atom. The molecule has 4 N–H and O–H groups in total. The number of carbonyl (C=O) groups excluding carboxylic acids is 1. The van der Waals surface area contributed by atoms with Gasteiger partial charge < -0.3 is 16.2 Å². The molecule has 2 aromatic heterocycles. The van der Waals surface area contributed by atoms with Crippen LogP contribution in [0.1, 0.15) is 41.6 Å². The van der Waals surface area contributed by atoms with Crippen molar-refractivity contribution in [2.75, 3.05) is 11.9 Å². The number of nitrogens with zero attached hydrogens (tertiary/aromatic N) is 3. The first-order chi connectivity index (χ1) is 12.1. The number of hydrogen-bond donors (Lipinski definition) is 3. The van der Waals surface area contributed by atoms with E-state index >= 15 is 0 Å². The summed E-state index contributed by atoms with van der Waals surface area (Å²) in [6.45, 7) is 2.75. The summed E-state index contributed by atoms with van der Waals surface area (Å²) in [6, 6.07) is 3.41. The fourth-order valence-electron chi connectivity index (χ4n) is 3.23. The standard InChI is InChI=1S/C18H19N5O2/c1-2-20-17-18-22-9-13(23(18)8-7-21-17)11-5-6-12(16(19)25)15(24)14(11)10-3-4-10/h5-10,24H,2-4H2,1H3,(H2,19,25)(H,20,21). The molecule has 0 unspecified atom stereocenters. The highest BCUT2D eigenvalue weighted by atomic mass is 16.3. The summed E-state index contributed by atoms with van der Waals surface area (Å²) in [5, 5.41) is 13.8. The minimum atomic E-state index is -0.622. The summed E-state index contributed by atoms with van der Waals surface area (Å²) in [5.41, 5.74) is 8.76. The molecule has 7 nitrogen and oxygen atoms in total. The van der Waals surface area contributed by atoms with Crippen LogP contribution in [0.5, 0.6) is 5.75 Å². The van der Waals surface area contributed by atoms with Gasteiger partial charge in [0.15, 0.2) is 11.5 Å². The molecule has 25 heavy (non-hydrogen) atoms. The van der Waals surface area contributed by atoms with E-state index in [2.05, 4.69) is 15.3 Å². The van der Waals surface area contributed by atoms with Gasteiger partial charge in [0.1, 0.15) is 5.75 Å². The second-order valence-corrected chi connectivity index (χ2v) is 6.20. The minimum absolute atomic E-state index is 0.0107. The third kappa shape index (κ3) is 2.48. The lowest BCUT2D eigenvalue weighted by Crippen LogP contribution is -2.12. The molecule has 1 saturated carbocycles. The van der Waals surface area contributed by atoms with Crippen molar-refractivity contribution in [1.29, 1.82) is 0 Å². The number of fused-ring (bicyclic) bond motifs is 1. The quantitative estimate of drug-likeness (QED) is 0.663. The number of amides is 1. The molecule has 1 aliphatic carbocycles. The Morgan fingerprint density at radius 3 is 2.88 bits per heavy atom. The first-order valence-electron chi connectivity index (χ1n) is 8.33. The number of benzene rings is 1. The molecule has 0 saturated heterocycles. The Labute approximate surface area is 144 Å². The van der Waals surface area contributed by atoms with Crippen LogP contribution in [0, 0.1) is 0 Å². The number of aromatic hydroxyl groups is 1. The SMILES string of the molecule is CCNc1nccn2c(-c3ccc(C(N)=O)c(O)c3C3CC3)cnc12. The van der Waals surface area contributed by atoms with Crippen molar-refractivity contribution in [3.63, 3.8) is 0 Å². The van der Waals surface area contributed by atoms with Gasteiger partial charge in [-0.3, -0.25) is 9.20 Å². The molecule has 2 heterocycles. The highest BCUT2D eigenvalue weighted by Crippen LogP contribution is 2.49. The molecular formula is C18H19N5O2. The summed E-state index contributed by atoms with van der Waals surface area (Å²) < 4.78 is 1.94. The van der Waals surface area contributed by atoms with Gasteiger partial charge in [-0.1, -0.05) is 6.07 Å². The van der Waals surface area contributed by atoms with Gasteiger partial charge in [0.2, 0.25) is 0 Å².